The summed E-state index contributed by atoms with van der Waals surface area (Å²) in [6, 6.07) is 0. The molecule has 0 aromatic carbocycles. The summed E-state index contributed by atoms with van der Waals surface area (Å²) in [5.41, 5.74) is 0. The average molecular weight is 923 g/mol. The molecular formula is C51H86O12S. The fraction of sp³-hybridized carbons (Fsp3) is 0.725. The molecule has 0 aromatic heterocycles. The Morgan fingerprint density at radius 2 is 1.00 bits per heavy atom. The lowest BCUT2D eigenvalue weighted by Gasteiger charge is -2.40. The summed E-state index contributed by atoms with van der Waals surface area (Å²) in [6.45, 7) is 3.60. The number of carbonyl (C=O) groups is 2. The number of carbonyl (C=O) groups excluding carboxylic acids is 2. The van der Waals surface area contributed by atoms with Crippen molar-refractivity contribution in [2.24, 2.45) is 0 Å². The lowest BCUT2D eigenvalue weighted by molar-refractivity contribution is -0.297. The maximum Gasteiger partial charge on any atom is 0.306 e. The molecule has 0 spiro atoms. The fourth-order valence-electron chi connectivity index (χ4n) is 7.00. The van der Waals surface area contributed by atoms with Crippen molar-refractivity contribution in [2.75, 3.05) is 19.0 Å². The van der Waals surface area contributed by atoms with E-state index >= 15 is 0 Å². The van der Waals surface area contributed by atoms with E-state index in [9.17, 15) is 37.9 Å². The van der Waals surface area contributed by atoms with Gasteiger partial charge in [0.05, 0.1) is 6.61 Å². The molecular weight excluding hydrogens is 837 g/mol. The van der Waals surface area contributed by atoms with Crippen molar-refractivity contribution in [1.82, 2.24) is 0 Å². The van der Waals surface area contributed by atoms with Gasteiger partial charge in [-0.1, -0.05) is 164 Å². The largest absolute Gasteiger partial charge is 0.462 e. The summed E-state index contributed by atoms with van der Waals surface area (Å²) in [5.74, 6) is -2.07. The number of esters is 2. The molecule has 12 nitrogen and oxygen atoms in total. The molecule has 13 heteroatoms. The summed E-state index contributed by atoms with van der Waals surface area (Å²) in [7, 11) is -4.62. The SMILES string of the molecule is CC/C=C/C/C=C/C/C=C/C/C=C/C/C=C/CCCC(=O)O[C@H](COC(=O)CCCCCCCCCCC/C=C/CCCCCCCC)CO[C@H]1O[C@H](CS(=O)(=O)O)[C@@H](O)C(O)C1O. The van der Waals surface area contributed by atoms with Crippen LogP contribution in [0.5, 0.6) is 0 Å². The summed E-state index contributed by atoms with van der Waals surface area (Å²) < 4.78 is 54.1. The van der Waals surface area contributed by atoms with Crippen molar-refractivity contribution in [1.29, 1.82) is 0 Å². The van der Waals surface area contributed by atoms with Gasteiger partial charge in [0.25, 0.3) is 10.1 Å². The van der Waals surface area contributed by atoms with Gasteiger partial charge in [0.1, 0.15) is 36.8 Å². The lowest BCUT2D eigenvalue weighted by atomic mass is 10.00. The highest BCUT2D eigenvalue weighted by molar-refractivity contribution is 7.85. The number of hydrogen-bond acceptors (Lipinski definition) is 11. The van der Waals surface area contributed by atoms with Crippen LogP contribution < -0.4 is 0 Å². The first-order valence-electron chi connectivity index (χ1n) is 24.5. The third kappa shape index (κ3) is 34.4. The van der Waals surface area contributed by atoms with Gasteiger partial charge in [-0.05, 0) is 77.0 Å². The third-order valence-electron chi connectivity index (χ3n) is 10.8. The minimum Gasteiger partial charge on any atom is -0.462 e. The van der Waals surface area contributed by atoms with Crippen LogP contribution in [0.3, 0.4) is 0 Å². The van der Waals surface area contributed by atoms with Crippen LogP contribution in [0.2, 0.25) is 0 Å². The quantitative estimate of drug-likeness (QED) is 0.0198. The number of aliphatic hydroxyl groups excluding tert-OH is 3. The van der Waals surface area contributed by atoms with E-state index in [1.165, 1.54) is 83.5 Å². The number of rotatable bonds is 40. The highest BCUT2D eigenvalue weighted by Crippen LogP contribution is 2.24. The Balaban J connectivity index is 2.44. The molecule has 0 aliphatic carbocycles. The molecule has 0 saturated carbocycles. The van der Waals surface area contributed by atoms with Gasteiger partial charge >= 0.3 is 11.9 Å². The zero-order valence-electron chi connectivity index (χ0n) is 39.4. The average Bonchev–Trinajstić information content (AvgIpc) is 3.26. The Hall–Kier alpha value is -2.91. The molecule has 0 amide bonds. The molecule has 1 heterocycles. The van der Waals surface area contributed by atoms with Crippen LogP contribution in [0, 0.1) is 0 Å². The second kappa shape index (κ2) is 40.4. The predicted molar refractivity (Wildman–Crippen MR) is 256 cm³/mol. The second-order valence-electron chi connectivity index (χ2n) is 16.7. The van der Waals surface area contributed by atoms with E-state index in [0.29, 0.717) is 19.3 Å². The molecule has 1 saturated heterocycles. The van der Waals surface area contributed by atoms with Crippen LogP contribution in [0.15, 0.2) is 72.9 Å². The fourth-order valence-corrected chi connectivity index (χ4v) is 7.69. The molecule has 64 heavy (non-hydrogen) atoms. The van der Waals surface area contributed by atoms with E-state index in [-0.39, 0.29) is 19.4 Å². The zero-order valence-corrected chi connectivity index (χ0v) is 40.2. The first-order valence-corrected chi connectivity index (χ1v) is 26.1. The maximum atomic E-state index is 12.8. The van der Waals surface area contributed by atoms with Crippen molar-refractivity contribution < 1.29 is 56.8 Å². The molecule has 1 aliphatic heterocycles. The predicted octanol–water partition coefficient (Wildman–Crippen LogP) is 10.7. The number of allylic oxidation sites excluding steroid dienone is 12. The highest BCUT2D eigenvalue weighted by atomic mass is 32.2. The van der Waals surface area contributed by atoms with Crippen LogP contribution in [0.4, 0.5) is 0 Å². The number of hydrogen-bond donors (Lipinski definition) is 4. The van der Waals surface area contributed by atoms with Crippen molar-refractivity contribution in [3.8, 4) is 0 Å². The second-order valence-corrected chi connectivity index (χ2v) is 18.2. The lowest BCUT2D eigenvalue weighted by Crippen LogP contribution is -2.60. The molecule has 0 aromatic rings. The molecule has 0 bridgehead atoms. The van der Waals surface area contributed by atoms with Crippen LogP contribution in [0.1, 0.15) is 181 Å². The van der Waals surface area contributed by atoms with Gasteiger partial charge in [-0.3, -0.25) is 14.1 Å². The number of aliphatic hydroxyl groups is 3. The van der Waals surface area contributed by atoms with Crippen LogP contribution in [0.25, 0.3) is 0 Å². The Labute approximate surface area is 387 Å². The van der Waals surface area contributed by atoms with Crippen molar-refractivity contribution in [3.05, 3.63) is 72.9 Å². The Kier molecular flexibility index (Phi) is 37.3. The highest BCUT2D eigenvalue weighted by Gasteiger charge is 2.46. The molecule has 368 valence electrons. The van der Waals surface area contributed by atoms with E-state index in [4.69, 9.17) is 18.9 Å². The minimum absolute atomic E-state index is 0.0827. The normalized spacial score (nSPS) is 20.2. The van der Waals surface area contributed by atoms with Crippen LogP contribution in [-0.2, 0) is 38.7 Å². The molecule has 4 N–H and O–H groups in total. The van der Waals surface area contributed by atoms with E-state index < -0.39 is 71.2 Å². The third-order valence-corrected chi connectivity index (χ3v) is 11.5. The minimum atomic E-state index is -4.62. The van der Waals surface area contributed by atoms with Gasteiger partial charge in [0.2, 0.25) is 0 Å². The molecule has 1 aliphatic rings. The maximum absolute atomic E-state index is 12.8. The summed E-state index contributed by atoms with van der Waals surface area (Å²) in [5, 5.41) is 30.9. The van der Waals surface area contributed by atoms with Gasteiger partial charge in [0.15, 0.2) is 12.4 Å². The van der Waals surface area contributed by atoms with Gasteiger partial charge in [-0.15, -0.1) is 0 Å². The number of unbranched alkanes of at least 4 members (excludes halogenated alkanes) is 16. The van der Waals surface area contributed by atoms with Gasteiger partial charge in [0, 0.05) is 12.8 Å². The van der Waals surface area contributed by atoms with Crippen molar-refractivity contribution in [2.45, 2.75) is 218 Å². The molecule has 1 rings (SSSR count). The van der Waals surface area contributed by atoms with E-state index in [1.54, 1.807) is 0 Å². The monoisotopic (exact) mass is 923 g/mol. The van der Waals surface area contributed by atoms with Crippen molar-refractivity contribution in [3.63, 3.8) is 0 Å². The molecule has 0 radical (unpaired) electrons. The van der Waals surface area contributed by atoms with Crippen LogP contribution >= 0.6 is 0 Å². The molecule has 1 fully saturated rings. The van der Waals surface area contributed by atoms with Crippen LogP contribution in [-0.4, -0.2) is 96.0 Å². The van der Waals surface area contributed by atoms with E-state index in [0.717, 1.165) is 51.4 Å². The smallest absolute Gasteiger partial charge is 0.306 e. The zero-order chi connectivity index (χ0) is 46.9. The first kappa shape index (κ1) is 59.1. The standard InChI is InChI=1S/C51H86O12S/c1-3-5-7-9-11-13-15-17-19-21-22-24-25-27-29-31-33-35-37-39-46(52)60-41-44(42-61-51-50(56)49(55)48(54)45(63-51)43-64(57,58)59)62-47(53)40-38-36-34-32-30-28-26-23-20-18-16-14-12-10-8-6-4-2/h6,8,12,14,17-20,26,28,32,34,44-45,48-51,54-56H,3-5,7,9-11,13,15-16,21-25,27,29-31,33,35-43H2,1-2H3,(H,57,58,59)/b8-6+,14-12+,19-17+,20-18+,28-26+,34-32+/t44-,45-,48-,49?,50?,51+/m1/s1. The Morgan fingerprint density at radius 1 is 0.547 bits per heavy atom. The van der Waals surface area contributed by atoms with Gasteiger partial charge in [-0.25, -0.2) is 0 Å². The van der Waals surface area contributed by atoms with Crippen molar-refractivity contribution >= 4 is 22.1 Å². The Morgan fingerprint density at radius 3 is 1.53 bits per heavy atom. The van der Waals surface area contributed by atoms with Gasteiger partial charge in [-0.2, -0.15) is 8.42 Å². The molecule has 2 unspecified atom stereocenters. The Bertz CT molecular complexity index is 1450. The first-order chi connectivity index (χ1) is 31.0. The topological polar surface area (TPSA) is 186 Å². The summed E-state index contributed by atoms with van der Waals surface area (Å²) in [6.07, 6.45) is 42.3. The molecule has 6 atom stereocenters. The number of ether oxygens (including phenoxy) is 4. The van der Waals surface area contributed by atoms with E-state index in [1.807, 2.05) is 12.2 Å². The van der Waals surface area contributed by atoms with E-state index in [2.05, 4.69) is 74.6 Å². The van der Waals surface area contributed by atoms with Gasteiger partial charge < -0.3 is 34.3 Å². The summed E-state index contributed by atoms with van der Waals surface area (Å²) >= 11 is 0. The summed E-state index contributed by atoms with van der Waals surface area (Å²) in [4.78, 5) is 25.5.